The van der Waals surface area contributed by atoms with Gasteiger partial charge in [0.15, 0.2) is 0 Å². The molecular formula is C17H19BrO5. The van der Waals surface area contributed by atoms with Crippen molar-refractivity contribution >= 4 is 34.0 Å². The van der Waals surface area contributed by atoms with Crippen molar-refractivity contribution in [3.63, 3.8) is 0 Å². The first-order valence-corrected chi connectivity index (χ1v) is 8.38. The van der Waals surface area contributed by atoms with E-state index in [2.05, 4.69) is 15.9 Å². The van der Waals surface area contributed by atoms with Gasteiger partial charge in [0.25, 0.3) is 0 Å². The van der Waals surface area contributed by atoms with Crippen LogP contribution in [0.3, 0.4) is 0 Å². The summed E-state index contributed by atoms with van der Waals surface area (Å²) in [7, 11) is 0. The SMILES string of the molecule is CC(=O)[C@H](Br)[C@H]1OC[C@H](COC(=O)c2ccccc2)[C@H]1CC=O. The van der Waals surface area contributed by atoms with Crippen LogP contribution in [-0.2, 0) is 19.1 Å². The van der Waals surface area contributed by atoms with Gasteiger partial charge in [-0.2, -0.15) is 0 Å². The first kappa shape index (κ1) is 17.8. The molecule has 1 fully saturated rings. The number of hydrogen-bond acceptors (Lipinski definition) is 5. The minimum absolute atomic E-state index is 0.0483. The highest BCUT2D eigenvalue weighted by atomic mass is 79.9. The largest absolute Gasteiger partial charge is 0.462 e. The Balaban J connectivity index is 1.97. The van der Waals surface area contributed by atoms with Crippen LogP contribution in [0, 0.1) is 11.8 Å². The lowest BCUT2D eigenvalue weighted by Crippen LogP contribution is -2.34. The second-order valence-electron chi connectivity index (χ2n) is 5.60. The fourth-order valence-corrected chi connectivity index (χ4v) is 3.28. The van der Waals surface area contributed by atoms with Crippen molar-refractivity contribution in [2.24, 2.45) is 11.8 Å². The number of halogens is 1. The van der Waals surface area contributed by atoms with E-state index in [1.807, 2.05) is 6.07 Å². The molecule has 0 aromatic heterocycles. The number of benzene rings is 1. The number of carbonyl (C=O) groups is 3. The first-order chi connectivity index (χ1) is 11.0. The number of ether oxygens (including phenoxy) is 2. The average molecular weight is 383 g/mol. The maximum atomic E-state index is 12.0. The van der Waals surface area contributed by atoms with E-state index in [0.29, 0.717) is 12.2 Å². The maximum absolute atomic E-state index is 12.0. The van der Waals surface area contributed by atoms with Crippen LogP contribution in [0.4, 0.5) is 0 Å². The van der Waals surface area contributed by atoms with Gasteiger partial charge in [-0.05, 0) is 19.1 Å². The van der Waals surface area contributed by atoms with E-state index >= 15 is 0 Å². The molecule has 23 heavy (non-hydrogen) atoms. The molecule has 1 heterocycles. The summed E-state index contributed by atoms with van der Waals surface area (Å²) >= 11 is 3.33. The van der Waals surface area contributed by atoms with E-state index in [9.17, 15) is 14.4 Å². The summed E-state index contributed by atoms with van der Waals surface area (Å²) in [5.74, 6) is -0.699. The van der Waals surface area contributed by atoms with Crippen LogP contribution >= 0.6 is 15.9 Å². The molecule has 124 valence electrons. The monoisotopic (exact) mass is 382 g/mol. The van der Waals surface area contributed by atoms with E-state index in [-0.39, 0.29) is 36.8 Å². The lowest BCUT2D eigenvalue weighted by Gasteiger charge is -2.23. The van der Waals surface area contributed by atoms with Crippen molar-refractivity contribution in [3.8, 4) is 0 Å². The molecule has 5 nitrogen and oxygen atoms in total. The molecule has 0 N–H and O–H groups in total. The van der Waals surface area contributed by atoms with E-state index in [1.165, 1.54) is 6.92 Å². The fourth-order valence-electron chi connectivity index (χ4n) is 2.73. The Bertz CT molecular complexity index is 559. The van der Waals surface area contributed by atoms with E-state index < -0.39 is 10.8 Å². The number of aldehydes is 1. The Kier molecular flexibility index (Phi) is 6.47. The minimum Gasteiger partial charge on any atom is -0.462 e. The summed E-state index contributed by atoms with van der Waals surface area (Å²) in [6.07, 6.45) is 0.712. The molecule has 0 spiro atoms. The van der Waals surface area contributed by atoms with Crippen LogP contribution in [0.5, 0.6) is 0 Å². The zero-order valence-electron chi connectivity index (χ0n) is 12.8. The van der Waals surface area contributed by atoms with Gasteiger partial charge in [0, 0.05) is 18.3 Å². The van der Waals surface area contributed by atoms with Crippen LogP contribution in [0.1, 0.15) is 23.7 Å². The number of ketones is 1. The van der Waals surface area contributed by atoms with Crippen LogP contribution in [0.25, 0.3) is 0 Å². The van der Waals surface area contributed by atoms with Crippen LogP contribution in [0.2, 0.25) is 0 Å². The Morgan fingerprint density at radius 1 is 1.39 bits per heavy atom. The average Bonchev–Trinajstić information content (AvgIpc) is 2.95. The lowest BCUT2D eigenvalue weighted by atomic mass is 9.87. The molecular weight excluding hydrogens is 364 g/mol. The topological polar surface area (TPSA) is 69.7 Å². The van der Waals surface area contributed by atoms with Gasteiger partial charge in [-0.25, -0.2) is 4.79 Å². The number of carbonyl (C=O) groups excluding carboxylic acids is 3. The molecule has 1 aromatic carbocycles. The number of esters is 1. The van der Waals surface area contributed by atoms with Crippen molar-refractivity contribution in [1.82, 2.24) is 0 Å². The standard InChI is InChI=1S/C17H19BrO5/c1-11(20)15(18)16-14(7-8-19)13(9-22-16)10-23-17(21)12-5-3-2-4-6-12/h2-6,8,13-16H,7,9-10H2,1H3/t13-,14-,15+,16+/m1/s1. The molecule has 1 aromatic rings. The van der Waals surface area contributed by atoms with Gasteiger partial charge < -0.3 is 14.3 Å². The highest BCUT2D eigenvalue weighted by Gasteiger charge is 2.42. The molecule has 0 aliphatic carbocycles. The molecule has 4 atom stereocenters. The normalized spacial score (nSPS) is 24.9. The molecule has 1 saturated heterocycles. The van der Waals surface area contributed by atoms with E-state index in [1.54, 1.807) is 24.3 Å². The predicted octanol–water partition coefficient (Wildman–Crippen LogP) is 2.42. The van der Waals surface area contributed by atoms with E-state index in [4.69, 9.17) is 9.47 Å². The fraction of sp³-hybridized carbons (Fsp3) is 0.471. The Labute approximate surface area is 143 Å². The molecule has 2 rings (SSSR count). The predicted molar refractivity (Wildman–Crippen MR) is 87.5 cm³/mol. The summed E-state index contributed by atoms with van der Waals surface area (Å²) in [5.41, 5.74) is 0.483. The van der Waals surface area contributed by atoms with Crippen molar-refractivity contribution in [3.05, 3.63) is 35.9 Å². The van der Waals surface area contributed by atoms with Crippen molar-refractivity contribution in [1.29, 1.82) is 0 Å². The van der Waals surface area contributed by atoms with Crippen LogP contribution in [-0.4, -0.2) is 42.2 Å². The summed E-state index contributed by atoms with van der Waals surface area (Å²) in [6, 6.07) is 8.72. The third-order valence-electron chi connectivity index (χ3n) is 4.01. The van der Waals surface area contributed by atoms with Gasteiger partial charge in [-0.3, -0.25) is 4.79 Å². The van der Waals surface area contributed by atoms with Crippen LogP contribution < -0.4 is 0 Å². The zero-order chi connectivity index (χ0) is 16.8. The molecule has 0 bridgehead atoms. The van der Waals surface area contributed by atoms with E-state index in [0.717, 1.165) is 6.29 Å². The number of rotatable bonds is 7. The first-order valence-electron chi connectivity index (χ1n) is 7.46. The molecule has 1 aliphatic heterocycles. The molecule has 0 amide bonds. The number of hydrogen-bond donors (Lipinski definition) is 0. The second-order valence-corrected chi connectivity index (χ2v) is 6.59. The van der Waals surface area contributed by atoms with Crippen molar-refractivity contribution in [2.45, 2.75) is 24.3 Å². The smallest absolute Gasteiger partial charge is 0.338 e. The molecule has 0 saturated carbocycles. The molecule has 1 aliphatic rings. The molecule has 0 unspecified atom stereocenters. The highest BCUT2D eigenvalue weighted by molar-refractivity contribution is 9.10. The third kappa shape index (κ3) is 4.48. The second kappa shape index (κ2) is 8.36. The zero-order valence-corrected chi connectivity index (χ0v) is 14.4. The van der Waals surface area contributed by atoms with Crippen LogP contribution in [0.15, 0.2) is 30.3 Å². The quantitative estimate of drug-likeness (QED) is 0.411. The Hall–Kier alpha value is -1.53. The van der Waals surface area contributed by atoms with Gasteiger partial charge in [-0.15, -0.1) is 0 Å². The van der Waals surface area contributed by atoms with Gasteiger partial charge in [0.2, 0.25) is 0 Å². The van der Waals surface area contributed by atoms with Gasteiger partial charge in [0.05, 0.1) is 29.7 Å². The number of alkyl halides is 1. The summed E-state index contributed by atoms with van der Waals surface area (Å²) in [4.78, 5) is 34.0. The third-order valence-corrected chi connectivity index (χ3v) is 5.18. The Morgan fingerprint density at radius 2 is 2.09 bits per heavy atom. The highest BCUT2D eigenvalue weighted by Crippen LogP contribution is 2.34. The lowest BCUT2D eigenvalue weighted by molar-refractivity contribution is -0.119. The molecule has 0 radical (unpaired) electrons. The molecule has 6 heteroatoms. The van der Waals surface area contributed by atoms with Gasteiger partial charge in [0.1, 0.15) is 12.1 Å². The minimum atomic E-state index is -0.456. The van der Waals surface area contributed by atoms with Gasteiger partial charge in [-0.1, -0.05) is 34.1 Å². The van der Waals surface area contributed by atoms with Crippen molar-refractivity contribution in [2.75, 3.05) is 13.2 Å². The van der Waals surface area contributed by atoms with Gasteiger partial charge >= 0.3 is 5.97 Å². The summed E-state index contributed by atoms with van der Waals surface area (Å²) in [6.45, 7) is 2.00. The number of Topliss-reactive ketones (excluding diaryl/α,β-unsaturated/α-hetero) is 1. The summed E-state index contributed by atoms with van der Waals surface area (Å²) in [5, 5.41) is 0. The van der Waals surface area contributed by atoms with Crippen molar-refractivity contribution < 1.29 is 23.9 Å². The summed E-state index contributed by atoms with van der Waals surface area (Å²) < 4.78 is 11.0. The Morgan fingerprint density at radius 3 is 2.70 bits per heavy atom. The maximum Gasteiger partial charge on any atom is 0.338 e.